The fraction of sp³-hybridized carbons (Fsp3) is 0.864. The van der Waals surface area contributed by atoms with E-state index in [-0.39, 0.29) is 0 Å². The zero-order valence-corrected chi connectivity index (χ0v) is 16.9. The molecule has 0 aliphatic heterocycles. The van der Waals surface area contributed by atoms with Gasteiger partial charge in [0.15, 0.2) is 0 Å². The van der Waals surface area contributed by atoms with Gasteiger partial charge in [-0.3, -0.25) is 0 Å². The van der Waals surface area contributed by atoms with Gasteiger partial charge in [-0.25, -0.2) is 4.98 Å². The lowest BCUT2D eigenvalue weighted by molar-refractivity contribution is 0.430. The summed E-state index contributed by atoms with van der Waals surface area (Å²) in [7, 11) is 0. The summed E-state index contributed by atoms with van der Waals surface area (Å²) in [4.78, 5) is 4.68. The van der Waals surface area contributed by atoms with Crippen LogP contribution in [0.5, 0.6) is 0 Å². The summed E-state index contributed by atoms with van der Waals surface area (Å²) in [6.45, 7) is 9.23. The van der Waals surface area contributed by atoms with Crippen LogP contribution in [0.2, 0.25) is 0 Å². The Hall–Kier alpha value is -0.790. The van der Waals surface area contributed by atoms with E-state index in [9.17, 15) is 0 Å². The van der Waals surface area contributed by atoms with Gasteiger partial charge in [0, 0.05) is 24.4 Å². The van der Waals surface area contributed by atoms with Crippen LogP contribution >= 0.6 is 0 Å². The second kappa shape index (κ2) is 13.5. The summed E-state index contributed by atoms with van der Waals surface area (Å²) in [5.41, 5.74) is 0. The third-order valence-electron chi connectivity index (χ3n) is 5.39. The molecule has 140 valence electrons. The van der Waals surface area contributed by atoms with Crippen molar-refractivity contribution in [3.05, 3.63) is 18.2 Å². The number of imidazole rings is 1. The minimum Gasteiger partial charge on any atom is -0.332 e. The minimum atomic E-state index is 0.595. The molecule has 0 saturated heterocycles. The second-order valence-electron chi connectivity index (χ2n) is 7.55. The highest BCUT2D eigenvalue weighted by Gasteiger charge is 2.17. The second-order valence-corrected chi connectivity index (χ2v) is 7.55. The van der Waals surface area contributed by atoms with Crippen molar-refractivity contribution in [3.8, 4) is 0 Å². The highest BCUT2D eigenvalue weighted by atomic mass is 15.1. The molecule has 0 aliphatic rings. The van der Waals surface area contributed by atoms with Gasteiger partial charge in [0.25, 0.3) is 0 Å². The van der Waals surface area contributed by atoms with Crippen LogP contribution in [0.15, 0.2) is 12.4 Å². The van der Waals surface area contributed by atoms with Gasteiger partial charge in [-0.1, -0.05) is 85.0 Å². The molecule has 0 aromatic carbocycles. The van der Waals surface area contributed by atoms with E-state index in [1.54, 1.807) is 0 Å². The van der Waals surface area contributed by atoms with Gasteiger partial charge >= 0.3 is 0 Å². The molecule has 24 heavy (non-hydrogen) atoms. The van der Waals surface area contributed by atoms with Gasteiger partial charge in [0.2, 0.25) is 0 Å². The third-order valence-corrected chi connectivity index (χ3v) is 5.39. The number of hydrogen-bond donors (Lipinski definition) is 0. The molecule has 0 fully saturated rings. The first-order chi connectivity index (χ1) is 11.7. The zero-order chi connectivity index (χ0) is 17.6. The molecule has 1 heterocycles. The van der Waals surface area contributed by atoms with Crippen molar-refractivity contribution in [2.24, 2.45) is 0 Å². The van der Waals surface area contributed by atoms with Crippen LogP contribution in [-0.2, 0) is 0 Å². The Morgan fingerprint density at radius 2 is 1.46 bits per heavy atom. The van der Waals surface area contributed by atoms with Gasteiger partial charge in [0.05, 0.1) is 0 Å². The molecule has 0 bridgehead atoms. The normalized spacial score (nSPS) is 14.0. The van der Waals surface area contributed by atoms with Crippen molar-refractivity contribution in [3.63, 3.8) is 0 Å². The van der Waals surface area contributed by atoms with Crippen molar-refractivity contribution < 1.29 is 0 Å². The highest BCUT2D eigenvalue weighted by molar-refractivity contribution is 5.02. The van der Waals surface area contributed by atoms with E-state index in [2.05, 4.69) is 43.4 Å². The van der Waals surface area contributed by atoms with Crippen molar-refractivity contribution in [2.75, 3.05) is 0 Å². The van der Waals surface area contributed by atoms with Gasteiger partial charge in [-0.15, -0.1) is 0 Å². The van der Waals surface area contributed by atoms with Gasteiger partial charge in [0.1, 0.15) is 5.82 Å². The molecule has 2 nitrogen and oxygen atoms in total. The summed E-state index contributed by atoms with van der Waals surface area (Å²) in [5, 5.41) is 0. The predicted molar refractivity (Wildman–Crippen MR) is 107 cm³/mol. The van der Waals surface area contributed by atoms with E-state index in [0.29, 0.717) is 12.0 Å². The Bertz CT molecular complexity index is 396. The zero-order valence-electron chi connectivity index (χ0n) is 16.9. The molecule has 0 amide bonds. The first-order valence-corrected chi connectivity index (χ1v) is 10.8. The SMILES string of the molecule is CCCCCCCCCCCC(C)n1ccnc1C(CC)CCC. The average molecular weight is 335 g/mol. The topological polar surface area (TPSA) is 17.8 Å². The number of nitrogens with zero attached hydrogens (tertiary/aromatic N) is 2. The molecule has 0 spiro atoms. The van der Waals surface area contributed by atoms with Crippen LogP contribution in [-0.4, -0.2) is 9.55 Å². The van der Waals surface area contributed by atoms with E-state index >= 15 is 0 Å². The highest BCUT2D eigenvalue weighted by Crippen LogP contribution is 2.27. The maximum absolute atomic E-state index is 4.68. The summed E-state index contributed by atoms with van der Waals surface area (Å²) in [6.07, 6.45) is 21.9. The Morgan fingerprint density at radius 3 is 2.04 bits per heavy atom. The van der Waals surface area contributed by atoms with Crippen molar-refractivity contribution in [2.45, 2.75) is 123 Å². The summed E-state index contributed by atoms with van der Waals surface area (Å²) in [5.74, 6) is 1.96. The molecular formula is C22H42N2. The fourth-order valence-corrected chi connectivity index (χ4v) is 3.77. The van der Waals surface area contributed by atoms with E-state index in [4.69, 9.17) is 0 Å². The number of aromatic nitrogens is 2. The van der Waals surface area contributed by atoms with Crippen LogP contribution in [0.1, 0.15) is 129 Å². The Labute approximate surface area is 151 Å². The first kappa shape index (κ1) is 21.3. The van der Waals surface area contributed by atoms with Crippen molar-refractivity contribution in [1.29, 1.82) is 0 Å². The summed E-state index contributed by atoms with van der Waals surface area (Å²) in [6, 6.07) is 0.595. The summed E-state index contributed by atoms with van der Waals surface area (Å²) >= 11 is 0. The Kier molecular flexibility index (Phi) is 12.0. The average Bonchev–Trinajstić information content (AvgIpc) is 3.07. The van der Waals surface area contributed by atoms with Crippen LogP contribution in [0.3, 0.4) is 0 Å². The number of hydrogen-bond acceptors (Lipinski definition) is 1. The van der Waals surface area contributed by atoms with Crippen molar-refractivity contribution in [1.82, 2.24) is 9.55 Å². The quantitative estimate of drug-likeness (QED) is 0.301. The van der Waals surface area contributed by atoms with E-state index in [1.165, 1.54) is 89.3 Å². The van der Waals surface area contributed by atoms with Gasteiger partial charge in [-0.2, -0.15) is 0 Å². The smallest absolute Gasteiger partial charge is 0.111 e. The monoisotopic (exact) mass is 334 g/mol. The molecule has 0 saturated carbocycles. The van der Waals surface area contributed by atoms with E-state index < -0.39 is 0 Å². The maximum atomic E-state index is 4.68. The Morgan fingerprint density at radius 1 is 0.833 bits per heavy atom. The van der Waals surface area contributed by atoms with Crippen LogP contribution in [0.25, 0.3) is 0 Å². The first-order valence-electron chi connectivity index (χ1n) is 10.8. The standard InChI is InChI=1S/C22H42N2/c1-5-8-9-10-11-12-13-14-15-17-20(4)24-19-18-23-22(24)21(7-3)16-6-2/h18-21H,5-17H2,1-4H3. The largest absolute Gasteiger partial charge is 0.332 e. The molecule has 1 aromatic rings. The molecule has 0 N–H and O–H groups in total. The van der Waals surface area contributed by atoms with Gasteiger partial charge in [-0.05, 0) is 26.2 Å². The van der Waals surface area contributed by atoms with Gasteiger partial charge < -0.3 is 4.57 Å². The van der Waals surface area contributed by atoms with Crippen LogP contribution in [0.4, 0.5) is 0 Å². The third kappa shape index (κ3) is 7.85. The lowest BCUT2D eigenvalue weighted by Gasteiger charge is -2.21. The van der Waals surface area contributed by atoms with E-state index in [1.807, 2.05) is 6.20 Å². The number of unbranched alkanes of at least 4 members (excludes halogenated alkanes) is 8. The molecule has 2 unspecified atom stereocenters. The maximum Gasteiger partial charge on any atom is 0.111 e. The Balaban J connectivity index is 2.24. The predicted octanol–water partition coefficient (Wildman–Crippen LogP) is 7.66. The molecule has 1 rings (SSSR count). The van der Waals surface area contributed by atoms with Crippen LogP contribution in [0, 0.1) is 0 Å². The number of rotatable bonds is 15. The molecule has 0 aliphatic carbocycles. The molecule has 0 radical (unpaired) electrons. The van der Waals surface area contributed by atoms with Crippen LogP contribution < -0.4 is 0 Å². The lowest BCUT2D eigenvalue weighted by Crippen LogP contribution is -2.12. The molecule has 1 aromatic heterocycles. The summed E-state index contributed by atoms with van der Waals surface area (Å²) < 4.78 is 2.45. The fourth-order valence-electron chi connectivity index (χ4n) is 3.77. The minimum absolute atomic E-state index is 0.595. The van der Waals surface area contributed by atoms with E-state index in [0.717, 1.165) is 0 Å². The molecular weight excluding hydrogens is 292 g/mol. The lowest BCUT2D eigenvalue weighted by atomic mass is 9.99. The molecule has 2 atom stereocenters. The van der Waals surface area contributed by atoms with Crippen molar-refractivity contribution >= 4 is 0 Å². The molecule has 2 heteroatoms.